The van der Waals surface area contributed by atoms with Crippen LogP contribution in [0.25, 0.3) is 0 Å². The first-order chi connectivity index (χ1) is 10.7. The molecule has 2 aliphatic heterocycles. The average molecular weight is 314 g/mol. The number of fused-ring (bicyclic) bond motifs is 2. The topological polar surface area (TPSA) is 41.3 Å². The van der Waals surface area contributed by atoms with Gasteiger partial charge in [0.1, 0.15) is 0 Å². The molecule has 3 N–H and O–H groups in total. The number of nitrogens with one attached hydrogen (secondary N) is 1. The number of para-hydroxylation sites is 2. The standard InChI is InChI=1S/C18H20ClN3/c19-13-5-6-14-17(11-13)22(16-4-2-1-3-15(16)20)12-18(14)7-9-21-10-8-18/h1-6,11,21H,7-10,12,20H2. The van der Waals surface area contributed by atoms with Crippen molar-refractivity contribution in [3.63, 3.8) is 0 Å². The van der Waals surface area contributed by atoms with E-state index in [-0.39, 0.29) is 5.41 Å². The molecule has 0 atom stereocenters. The van der Waals surface area contributed by atoms with Crippen molar-refractivity contribution in [3.8, 4) is 0 Å². The van der Waals surface area contributed by atoms with Crippen molar-refractivity contribution in [2.75, 3.05) is 30.3 Å². The molecule has 1 fully saturated rings. The molecule has 22 heavy (non-hydrogen) atoms. The van der Waals surface area contributed by atoms with Gasteiger partial charge in [-0.25, -0.2) is 0 Å². The Kier molecular flexibility index (Phi) is 3.28. The van der Waals surface area contributed by atoms with Crippen LogP contribution in [-0.4, -0.2) is 19.6 Å². The molecule has 114 valence electrons. The summed E-state index contributed by atoms with van der Waals surface area (Å²) in [4.78, 5) is 2.35. The lowest BCUT2D eigenvalue weighted by atomic mass is 9.75. The van der Waals surface area contributed by atoms with Gasteiger partial charge in [-0.05, 0) is 55.8 Å². The maximum absolute atomic E-state index is 6.27. The first kappa shape index (κ1) is 13.9. The van der Waals surface area contributed by atoms with Gasteiger partial charge < -0.3 is 16.0 Å². The summed E-state index contributed by atoms with van der Waals surface area (Å²) in [7, 11) is 0. The molecule has 4 rings (SSSR count). The third kappa shape index (κ3) is 2.08. The first-order valence-electron chi connectivity index (χ1n) is 7.82. The molecule has 3 nitrogen and oxygen atoms in total. The van der Waals surface area contributed by atoms with Gasteiger partial charge in [-0.15, -0.1) is 0 Å². The zero-order chi connectivity index (χ0) is 15.2. The van der Waals surface area contributed by atoms with Gasteiger partial charge in [0.05, 0.1) is 11.4 Å². The summed E-state index contributed by atoms with van der Waals surface area (Å²) in [5.74, 6) is 0. The highest BCUT2D eigenvalue weighted by atomic mass is 35.5. The van der Waals surface area contributed by atoms with Crippen molar-refractivity contribution in [1.82, 2.24) is 5.32 Å². The van der Waals surface area contributed by atoms with E-state index in [9.17, 15) is 0 Å². The van der Waals surface area contributed by atoms with E-state index in [4.69, 9.17) is 17.3 Å². The van der Waals surface area contributed by atoms with E-state index in [0.717, 1.165) is 48.9 Å². The van der Waals surface area contributed by atoms with Gasteiger partial charge >= 0.3 is 0 Å². The molecule has 0 aliphatic carbocycles. The van der Waals surface area contributed by atoms with Crippen LogP contribution in [0, 0.1) is 0 Å². The van der Waals surface area contributed by atoms with E-state index in [1.807, 2.05) is 24.3 Å². The number of rotatable bonds is 1. The molecule has 2 aromatic carbocycles. The van der Waals surface area contributed by atoms with Gasteiger partial charge in [0, 0.05) is 22.7 Å². The van der Waals surface area contributed by atoms with Gasteiger partial charge in [-0.3, -0.25) is 0 Å². The number of hydrogen-bond donors (Lipinski definition) is 2. The molecular weight excluding hydrogens is 294 g/mol. The summed E-state index contributed by atoms with van der Waals surface area (Å²) in [5, 5.41) is 4.26. The Morgan fingerprint density at radius 3 is 2.59 bits per heavy atom. The van der Waals surface area contributed by atoms with Crippen molar-refractivity contribution < 1.29 is 0 Å². The largest absolute Gasteiger partial charge is 0.397 e. The molecule has 0 saturated carbocycles. The van der Waals surface area contributed by atoms with Crippen LogP contribution >= 0.6 is 11.6 Å². The molecule has 0 aromatic heterocycles. The minimum atomic E-state index is 0.216. The summed E-state index contributed by atoms with van der Waals surface area (Å²) in [6.45, 7) is 3.12. The summed E-state index contributed by atoms with van der Waals surface area (Å²) in [6, 6.07) is 14.4. The van der Waals surface area contributed by atoms with E-state index in [1.54, 1.807) is 0 Å². The number of anilines is 3. The van der Waals surface area contributed by atoms with Crippen LogP contribution in [-0.2, 0) is 5.41 Å². The second-order valence-corrected chi connectivity index (χ2v) is 6.77. The Hall–Kier alpha value is -1.71. The molecule has 0 amide bonds. The van der Waals surface area contributed by atoms with Crippen molar-refractivity contribution in [2.45, 2.75) is 18.3 Å². The molecule has 0 radical (unpaired) electrons. The highest BCUT2D eigenvalue weighted by molar-refractivity contribution is 6.31. The lowest BCUT2D eigenvalue weighted by Gasteiger charge is -2.35. The summed E-state index contributed by atoms with van der Waals surface area (Å²) in [6.07, 6.45) is 2.32. The molecule has 2 aromatic rings. The molecule has 2 heterocycles. The van der Waals surface area contributed by atoms with Crippen molar-refractivity contribution in [3.05, 3.63) is 53.1 Å². The number of nitrogen functional groups attached to an aromatic ring is 1. The van der Waals surface area contributed by atoms with Crippen LogP contribution in [0.4, 0.5) is 17.1 Å². The fourth-order valence-electron chi connectivity index (χ4n) is 3.93. The molecule has 0 unspecified atom stereocenters. The van der Waals surface area contributed by atoms with Crippen LogP contribution in [0.1, 0.15) is 18.4 Å². The monoisotopic (exact) mass is 313 g/mol. The number of nitrogens with two attached hydrogens (primary N) is 1. The summed E-state index contributed by atoms with van der Waals surface area (Å²) < 4.78 is 0. The van der Waals surface area contributed by atoms with Crippen LogP contribution in [0.5, 0.6) is 0 Å². The summed E-state index contributed by atoms with van der Waals surface area (Å²) in [5.41, 5.74) is 11.0. The number of hydrogen-bond acceptors (Lipinski definition) is 3. The Labute approximate surface area is 136 Å². The van der Waals surface area contributed by atoms with Crippen molar-refractivity contribution in [1.29, 1.82) is 0 Å². The maximum Gasteiger partial charge on any atom is 0.0644 e. The Balaban J connectivity index is 1.86. The second-order valence-electron chi connectivity index (χ2n) is 6.34. The lowest BCUT2D eigenvalue weighted by Crippen LogP contribution is -2.42. The Morgan fingerprint density at radius 1 is 1.05 bits per heavy atom. The highest BCUT2D eigenvalue weighted by Gasteiger charge is 2.44. The predicted octanol–water partition coefficient (Wildman–Crippen LogP) is 3.70. The molecule has 2 aliphatic rings. The Morgan fingerprint density at radius 2 is 1.82 bits per heavy atom. The van der Waals surface area contributed by atoms with Gasteiger partial charge in [-0.1, -0.05) is 29.8 Å². The third-order valence-corrected chi connectivity index (χ3v) is 5.31. The highest BCUT2D eigenvalue weighted by Crippen LogP contribution is 2.50. The number of piperidine rings is 1. The minimum absolute atomic E-state index is 0.216. The predicted molar refractivity (Wildman–Crippen MR) is 93.1 cm³/mol. The first-order valence-corrected chi connectivity index (χ1v) is 8.20. The molecule has 0 bridgehead atoms. The van der Waals surface area contributed by atoms with Crippen molar-refractivity contribution in [2.24, 2.45) is 0 Å². The average Bonchev–Trinajstić information content (AvgIpc) is 2.82. The number of benzene rings is 2. The number of halogens is 1. The van der Waals surface area contributed by atoms with Crippen LogP contribution in [0.3, 0.4) is 0 Å². The zero-order valence-electron chi connectivity index (χ0n) is 12.5. The van der Waals surface area contributed by atoms with E-state index in [1.165, 1.54) is 11.3 Å². The van der Waals surface area contributed by atoms with E-state index < -0.39 is 0 Å². The van der Waals surface area contributed by atoms with Gasteiger partial charge in [0.25, 0.3) is 0 Å². The normalized spacial score (nSPS) is 19.4. The van der Waals surface area contributed by atoms with Gasteiger partial charge in [0.15, 0.2) is 0 Å². The summed E-state index contributed by atoms with van der Waals surface area (Å²) >= 11 is 6.27. The molecular formula is C18H20ClN3. The van der Waals surface area contributed by atoms with Gasteiger partial charge in [0.2, 0.25) is 0 Å². The smallest absolute Gasteiger partial charge is 0.0644 e. The van der Waals surface area contributed by atoms with Crippen LogP contribution < -0.4 is 16.0 Å². The van der Waals surface area contributed by atoms with Crippen LogP contribution in [0.15, 0.2) is 42.5 Å². The fraction of sp³-hybridized carbons (Fsp3) is 0.333. The fourth-order valence-corrected chi connectivity index (χ4v) is 4.10. The zero-order valence-corrected chi connectivity index (χ0v) is 13.2. The third-order valence-electron chi connectivity index (χ3n) is 5.07. The molecule has 1 spiro atoms. The van der Waals surface area contributed by atoms with E-state index in [2.05, 4.69) is 28.4 Å². The van der Waals surface area contributed by atoms with Gasteiger partial charge in [-0.2, -0.15) is 0 Å². The minimum Gasteiger partial charge on any atom is -0.397 e. The van der Waals surface area contributed by atoms with Crippen molar-refractivity contribution >= 4 is 28.7 Å². The van der Waals surface area contributed by atoms with E-state index >= 15 is 0 Å². The van der Waals surface area contributed by atoms with E-state index in [0.29, 0.717) is 0 Å². The quantitative estimate of drug-likeness (QED) is 0.789. The van der Waals surface area contributed by atoms with Crippen LogP contribution in [0.2, 0.25) is 5.02 Å². The molecule has 1 saturated heterocycles. The SMILES string of the molecule is Nc1ccccc1N1CC2(CCNCC2)c2ccc(Cl)cc21. The number of nitrogens with zero attached hydrogens (tertiary/aromatic N) is 1. The Bertz CT molecular complexity index is 707. The second kappa shape index (κ2) is 5.18. The molecule has 4 heteroatoms. The maximum atomic E-state index is 6.27. The lowest BCUT2D eigenvalue weighted by molar-refractivity contribution is 0.329.